The highest BCUT2D eigenvalue weighted by Crippen LogP contribution is 2.32. The summed E-state index contributed by atoms with van der Waals surface area (Å²) in [6.45, 7) is 4.17. The molecule has 0 amide bonds. The highest BCUT2D eigenvalue weighted by atomic mass is 16.3. The maximum atomic E-state index is 10.4. The van der Waals surface area contributed by atoms with Gasteiger partial charge in [-0.1, -0.05) is 61.7 Å². The second-order valence-corrected chi connectivity index (χ2v) is 5.97. The van der Waals surface area contributed by atoms with E-state index < -0.39 is 0 Å². The minimum absolute atomic E-state index is 0.0558. The van der Waals surface area contributed by atoms with Crippen molar-refractivity contribution in [2.75, 3.05) is 6.61 Å². The summed E-state index contributed by atoms with van der Waals surface area (Å²) >= 11 is 0. The van der Waals surface area contributed by atoms with Gasteiger partial charge in [-0.05, 0) is 30.7 Å². The van der Waals surface area contributed by atoms with Gasteiger partial charge in [-0.25, -0.2) is 0 Å². The lowest BCUT2D eigenvalue weighted by atomic mass is 9.81. The molecule has 0 radical (unpaired) electrons. The van der Waals surface area contributed by atoms with Crippen molar-refractivity contribution in [3.63, 3.8) is 0 Å². The van der Waals surface area contributed by atoms with Gasteiger partial charge in [-0.3, -0.25) is 0 Å². The molecule has 1 aliphatic rings. The molecule has 0 unspecified atom stereocenters. The number of hydrogen-bond donors (Lipinski definition) is 2. The van der Waals surface area contributed by atoms with E-state index in [4.69, 9.17) is 0 Å². The first-order valence-corrected chi connectivity index (χ1v) is 7.74. The number of benzene rings is 1. The Bertz CT molecular complexity index is 407. The van der Waals surface area contributed by atoms with Gasteiger partial charge in [0.1, 0.15) is 0 Å². The summed E-state index contributed by atoms with van der Waals surface area (Å²) in [5, 5.41) is 20.0. The lowest BCUT2D eigenvalue weighted by Crippen LogP contribution is -2.24. The Morgan fingerprint density at radius 3 is 2.40 bits per heavy atom. The molecule has 1 aliphatic carbocycles. The molecule has 0 bridgehead atoms. The molecule has 2 nitrogen and oxygen atoms in total. The summed E-state index contributed by atoms with van der Waals surface area (Å²) in [4.78, 5) is 0. The molecule has 0 heterocycles. The Morgan fingerprint density at radius 1 is 1.15 bits per heavy atom. The van der Waals surface area contributed by atoms with Gasteiger partial charge in [0.05, 0.1) is 12.7 Å². The first-order valence-electron chi connectivity index (χ1n) is 7.74. The quantitative estimate of drug-likeness (QED) is 0.777. The summed E-state index contributed by atoms with van der Waals surface area (Å²) in [6, 6.07) is 9.95. The second-order valence-electron chi connectivity index (χ2n) is 5.97. The molecule has 20 heavy (non-hydrogen) atoms. The van der Waals surface area contributed by atoms with E-state index in [0.29, 0.717) is 12.3 Å². The standard InChI is InChI=1S/C18H26O2/c1-14(12-18(20)16-10-6-3-7-11-16)17(13-19)15-8-4-2-5-9-15/h2,4-5,8-9,16-20H,1,3,6-7,10-13H2/t17-,18+/m1/s1. The van der Waals surface area contributed by atoms with Gasteiger partial charge in [0.25, 0.3) is 0 Å². The maximum Gasteiger partial charge on any atom is 0.0605 e. The van der Waals surface area contributed by atoms with E-state index in [9.17, 15) is 10.2 Å². The van der Waals surface area contributed by atoms with Gasteiger partial charge in [-0.15, -0.1) is 0 Å². The van der Waals surface area contributed by atoms with E-state index in [1.807, 2.05) is 30.3 Å². The SMILES string of the molecule is C=C(C[C@H](O)C1CCCCC1)[C@@H](CO)c1ccccc1. The highest BCUT2D eigenvalue weighted by molar-refractivity contribution is 5.28. The van der Waals surface area contributed by atoms with Crippen molar-refractivity contribution >= 4 is 0 Å². The Kier molecular flexibility index (Phi) is 5.81. The Morgan fingerprint density at radius 2 is 1.80 bits per heavy atom. The third-order valence-corrected chi connectivity index (χ3v) is 4.54. The summed E-state index contributed by atoms with van der Waals surface area (Å²) in [6.07, 6.45) is 6.32. The average molecular weight is 274 g/mol. The van der Waals surface area contributed by atoms with E-state index >= 15 is 0 Å². The lowest BCUT2D eigenvalue weighted by Gasteiger charge is -2.28. The van der Waals surface area contributed by atoms with Crippen molar-refractivity contribution in [3.8, 4) is 0 Å². The highest BCUT2D eigenvalue weighted by Gasteiger charge is 2.24. The van der Waals surface area contributed by atoms with Crippen LogP contribution in [0.15, 0.2) is 42.5 Å². The van der Waals surface area contributed by atoms with E-state index in [2.05, 4.69) is 6.58 Å². The van der Waals surface area contributed by atoms with Crippen molar-refractivity contribution in [2.45, 2.75) is 50.5 Å². The number of aliphatic hydroxyl groups excluding tert-OH is 2. The van der Waals surface area contributed by atoms with Crippen molar-refractivity contribution < 1.29 is 10.2 Å². The van der Waals surface area contributed by atoms with Crippen LogP contribution in [0.25, 0.3) is 0 Å². The fraction of sp³-hybridized carbons (Fsp3) is 0.556. The van der Waals surface area contributed by atoms with Crippen LogP contribution in [0, 0.1) is 5.92 Å². The van der Waals surface area contributed by atoms with Crippen LogP contribution in [0.1, 0.15) is 50.0 Å². The summed E-state index contributed by atoms with van der Waals surface area (Å²) < 4.78 is 0. The lowest BCUT2D eigenvalue weighted by molar-refractivity contribution is 0.0830. The normalized spacial score (nSPS) is 19.5. The third kappa shape index (κ3) is 3.94. The van der Waals surface area contributed by atoms with Crippen LogP contribution < -0.4 is 0 Å². The monoisotopic (exact) mass is 274 g/mol. The largest absolute Gasteiger partial charge is 0.395 e. The molecule has 0 aromatic heterocycles. The number of rotatable bonds is 6. The van der Waals surface area contributed by atoms with Crippen molar-refractivity contribution in [2.24, 2.45) is 5.92 Å². The molecule has 0 spiro atoms. The van der Waals surface area contributed by atoms with Gasteiger partial charge >= 0.3 is 0 Å². The topological polar surface area (TPSA) is 40.5 Å². The smallest absolute Gasteiger partial charge is 0.0605 e. The van der Waals surface area contributed by atoms with Crippen LogP contribution in [0.3, 0.4) is 0 Å². The minimum atomic E-state index is -0.305. The van der Waals surface area contributed by atoms with Gasteiger partial charge in [0.15, 0.2) is 0 Å². The number of hydrogen-bond acceptors (Lipinski definition) is 2. The van der Waals surface area contributed by atoms with Crippen molar-refractivity contribution in [1.29, 1.82) is 0 Å². The van der Waals surface area contributed by atoms with Crippen LogP contribution in [0.2, 0.25) is 0 Å². The molecule has 1 aromatic rings. The van der Waals surface area contributed by atoms with Crippen LogP contribution in [0.4, 0.5) is 0 Å². The molecular weight excluding hydrogens is 248 g/mol. The zero-order chi connectivity index (χ0) is 14.4. The van der Waals surface area contributed by atoms with Crippen LogP contribution in [-0.4, -0.2) is 22.9 Å². The molecule has 1 fully saturated rings. The molecule has 1 saturated carbocycles. The van der Waals surface area contributed by atoms with E-state index in [0.717, 1.165) is 24.0 Å². The molecule has 2 N–H and O–H groups in total. The molecule has 0 aliphatic heterocycles. The molecule has 2 heteroatoms. The van der Waals surface area contributed by atoms with E-state index in [1.165, 1.54) is 19.3 Å². The fourth-order valence-corrected chi connectivity index (χ4v) is 3.25. The number of aliphatic hydroxyl groups is 2. The Hall–Kier alpha value is -1.12. The third-order valence-electron chi connectivity index (χ3n) is 4.54. The fourth-order valence-electron chi connectivity index (χ4n) is 3.25. The minimum Gasteiger partial charge on any atom is -0.395 e. The van der Waals surface area contributed by atoms with E-state index in [-0.39, 0.29) is 18.6 Å². The zero-order valence-electron chi connectivity index (χ0n) is 12.2. The summed E-state index contributed by atoms with van der Waals surface area (Å²) in [5.74, 6) is 0.352. The van der Waals surface area contributed by atoms with Gasteiger partial charge in [0.2, 0.25) is 0 Å². The van der Waals surface area contributed by atoms with Gasteiger partial charge in [-0.2, -0.15) is 0 Å². The molecule has 110 valence electrons. The van der Waals surface area contributed by atoms with Crippen LogP contribution >= 0.6 is 0 Å². The maximum absolute atomic E-state index is 10.4. The molecule has 0 saturated heterocycles. The summed E-state index contributed by atoms with van der Waals surface area (Å²) in [7, 11) is 0. The van der Waals surface area contributed by atoms with Crippen LogP contribution in [0.5, 0.6) is 0 Å². The first-order chi connectivity index (χ1) is 9.72. The second kappa shape index (κ2) is 7.61. The van der Waals surface area contributed by atoms with E-state index in [1.54, 1.807) is 0 Å². The molecular formula is C18H26O2. The Balaban J connectivity index is 1.95. The van der Waals surface area contributed by atoms with Crippen molar-refractivity contribution in [1.82, 2.24) is 0 Å². The first kappa shape index (κ1) is 15.3. The predicted octanol–water partition coefficient (Wildman–Crippen LogP) is 3.65. The van der Waals surface area contributed by atoms with Gasteiger partial charge in [0, 0.05) is 5.92 Å². The predicted molar refractivity (Wildman–Crippen MR) is 82.6 cm³/mol. The summed E-state index contributed by atoms with van der Waals surface area (Å²) in [5.41, 5.74) is 2.02. The molecule has 2 atom stereocenters. The molecule has 1 aromatic carbocycles. The van der Waals surface area contributed by atoms with Gasteiger partial charge < -0.3 is 10.2 Å². The Labute approximate surface area is 122 Å². The molecule has 2 rings (SSSR count). The average Bonchev–Trinajstić information content (AvgIpc) is 2.50. The van der Waals surface area contributed by atoms with Crippen LogP contribution in [-0.2, 0) is 0 Å². The van der Waals surface area contributed by atoms with Crippen molar-refractivity contribution in [3.05, 3.63) is 48.0 Å². The zero-order valence-corrected chi connectivity index (χ0v) is 12.2.